The molecule has 6 N–H and O–H groups in total. The van der Waals surface area contributed by atoms with Gasteiger partial charge >= 0.3 is 24.2 Å². The average molecular weight is 869 g/mol. The third kappa shape index (κ3) is 11.8. The molecule has 4 amide bonds. The Bertz CT molecular complexity index is 2440. The van der Waals surface area contributed by atoms with Gasteiger partial charge in [0.2, 0.25) is 5.43 Å². The highest BCUT2D eigenvalue weighted by atomic mass is 19.1. The van der Waals surface area contributed by atoms with Gasteiger partial charge in [0.25, 0.3) is 0 Å². The number of nitrogens with one attached hydrogen (secondary N) is 3. The third-order valence-electron chi connectivity index (χ3n) is 10.8. The smallest absolute Gasteiger partial charge is 0.410 e. The van der Waals surface area contributed by atoms with Gasteiger partial charge in [0, 0.05) is 63.1 Å². The van der Waals surface area contributed by atoms with Gasteiger partial charge in [-0.1, -0.05) is 61.5 Å². The van der Waals surface area contributed by atoms with Crippen molar-refractivity contribution in [2.45, 2.75) is 65.5 Å². The molecule has 0 saturated carbocycles. The fourth-order valence-electron chi connectivity index (χ4n) is 7.34. The van der Waals surface area contributed by atoms with E-state index in [2.05, 4.69) is 26.3 Å². The monoisotopic (exact) mass is 868 g/mol. The molecule has 1 fully saturated rings. The van der Waals surface area contributed by atoms with Crippen LogP contribution in [0.5, 0.6) is 0 Å². The van der Waals surface area contributed by atoms with E-state index in [0.717, 1.165) is 22.9 Å². The Labute approximate surface area is 363 Å². The van der Waals surface area contributed by atoms with E-state index >= 15 is 4.39 Å². The number of ether oxygens (including phenoxy) is 2. The Kier molecular flexibility index (Phi) is 15.2. The number of carboxylic acids is 1. The molecule has 0 aliphatic carbocycles. The number of carbonyl (C=O) groups excluding carboxylic acids is 3. The van der Waals surface area contributed by atoms with Crippen molar-refractivity contribution in [2.24, 2.45) is 11.7 Å². The summed E-state index contributed by atoms with van der Waals surface area (Å²) in [6.45, 7) is 8.31. The molecule has 1 aliphatic rings. The fourth-order valence-corrected chi connectivity index (χ4v) is 7.34. The van der Waals surface area contributed by atoms with E-state index in [-0.39, 0.29) is 49.3 Å². The molecule has 3 heterocycles. The summed E-state index contributed by atoms with van der Waals surface area (Å²) in [4.78, 5) is 64.8. The number of primary amides is 1. The van der Waals surface area contributed by atoms with Gasteiger partial charge < -0.3 is 50.6 Å². The number of nitrogens with two attached hydrogens (primary N) is 1. The Morgan fingerprint density at radius 1 is 0.937 bits per heavy atom. The van der Waals surface area contributed by atoms with Crippen molar-refractivity contribution >= 4 is 46.5 Å². The van der Waals surface area contributed by atoms with Crippen molar-refractivity contribution in [3.8, 4) is 0 Å². The number of aromatic nitrogens is 4. The predicted octanol–water partition coefficient (Wildman–Crippen LogP) is 5.63. The van der Waals surface area contributed by atoms with Crippen molar-refractivity contribution in [3.63, 3.8) is 0 Å². The van der Waals surface area contributed by atoms with Gasteiger partial charge in [0.1, 0.15) is 30.3 Å². The van der Waals surface area contributed by atoms with E-state index in [0.29, 0.717) is 56.8 Å². The molecule has 5 aromatic rings. The summed E-state index contributed by atoms with van der Waals surface area (Å²) >= 11 is 0. The first-order valence-corrected chi connectivity index (χ1v) is 20.8. The van der Waals surface area contributed by atoms with Gasteiger partial charge in [-0.25, -0.2) is 28.3 Å². The minimum atomic E-state index is -1.37. The van der Waals surface area contributed by atoms with Crippen LogP contribution in [0.3, 0.4) is 0 Å². The number of amides is 4. The molecule has 1 saturated heterocycles. The maximum Gasteiger partial charge on any atom is 0.410 e. The van der Waals surface area contributed by atoms with Gasteiger partial charge in [-0.15, -0.1) is 5.10 Å². The van der Waals surface area contributed by atoms with Crippen molar-refractivity contribution < 1.29 is 38.1 Å². The highest BCUT2D eigenvalue weighted by Crippen LogP contribution is 2.27. The number of aromatic carboxylic acids is 1. The van der Waals surface area contributed by atoms with Gasteiger partial charge in [0.05, 0.1) is 29.5 Å². The lowest BCUT2D eigenvalue weighted by molar-refractivity contribution is 0.0694. The maximum absolute atomic E-state index is 15.4. The lowest BCUT2D eigenvalue weighted by Crippen LogP contribution is -2.49. The number of anilines is 2. The summed E-state index contributed by atoms with van der Waals surface area (Å²) in [5, 5.41) is 27.2. The number of hydrogen-bond donors (Lipinski definition) is 5. The Morgan fingerprint density at radius 3 is 2.30 bits per heavy atom. The normalized spacial score (nSPS) is 13.7. The van der Waals surface area contributed by atoms with Crippen LogP contribution in [0.4, 0.5) is 30.1 Å². The summed E-state index contributed by atoms with van der Waals surface area (Å²) in [6.07, 6.45) is 3.24. The van der Waals surface area contributed by atoms with Crippen LogP contribution >= 0.6 is 0 Å². The molecular formula is C44H53FN10O8. The van der Waals surface area contributed by atoms with E-state index in [1.54, 1.807) is 38.2 Å². The maximum atomic E-state index is 15.4. The minimum Gasteiger partial charge on any atom is -0.477 e. The second-order valence-electron chi connectivity index (χ2n) is 15.5. The number of carbonyl (C=O) groups is 4. The molecule has 0 radical (unpaired) electrons. The van der Waals surface area contributed by atoms with E-state index in [4.69, 9.17) is 15.2 Å². The number of alkyl carbamates (subject to hydrolysis) is 1. The number of pyridine rings is 1. The lowest BCUT2D eigenvalue weighted by Gasteiger charge is -2.35. The van der Waals surface area contributed by atoms with Crippen molar-refractivity contribution in [2.75, 3.05) is 49.5 Å². The van der Waals surface area contributed by atoms with Crippen molar-refractivity contribution in [1.29, 1.82) is 0 Å². The van der Waals surface area contributed by atoms with Gasteiger partial charge in [-0.05, 0) is 61.1 Å². The lowest BCUT2D eigenvalue weighted by atomic mass is 10.0. The number of carboxylic acid groups (broad SMARTS) is 1. The van der Waals surface area contributed by atoms with Crippen LogP contribution in [0.1, 0.15) is 72.9 Å². The number of halogens is 1. The van der Waals surface area contributed by atoms with E-state index < -0.39 is 47.0 Å². The van der Waals surface area contributed by atoms with Gasteiger partial charge in [-0.2, -0.15) is 0 Å². The number of nitrogens with zero attached hydrogens (tertiary/aromatic N) is 6. The topological polar surface area (TPSA) is 228 Å². The second kappa shape index (κ2) is 21.1. The highest BCUT2D eigenvalue weighted by molar-refractivity contribution is 5.93. The molecule has 1 aliphatic heterocycles. The predicted molar refractivity (Wildman–Crippen MR) is 233 cm³/mol. The molecule has 63 heavy (non-hydrogen) atoms. The Morgan fingerprint density at radius 2 is 1.63 bits per heavy atom. The summed E-state index contributed by atoms with van der Waals surface area (Å²) in [5.74, 6) is -2.04. The molecule has 0 unspecified atom stereocenters. The number of hydrogen-bond acceptors (Lipinski definition) is 11. The first-order valence-electron chi connectivity index (χ1n) is 20.8. The number of piperazine rings is 1. The largest absolute Gasteiger partial charge is 0.477 e. The first kappa shape index (κ1) is 45.3. The summed E-state index contributed by atoms with van der Waals surface area (Å²) < 4.78 is 29.8. The number of fused-ring (bicyclic) bond motifs is 1. The molecule has 18 nitrogen and oxygen atoms in total. The van der Waals surface area contributed by atoms with Gasteiger partial charge in [0.15, 0.2) is 0 Å². The number of aryl methyl sites for hydroxylation is 1. The zero-order valence-electron chi connectivity index (χ0n) is 35.5. The van der Waals surface area contributed by atoms with E-state index in [1.165, 1.54) is 6.20 Å². The van der Waals surface area contributed by atoms with E-state index in [9.17, 15) is 29.1 Å². The zero-order valence-corrected chi connectivity index (χ0v) is 35.5. The van der Waals surface area contributed by atoms with Crippen LogP contribution in [0.25, 0.3) is 10.9 Å². The van der Waals surface area contributed by atoms with E-state index in [1.807, 2.05) is 68.4 Å². The quantitative estimate of drug-likeness (QED) is 0.0675. The van der Waals surface area contributed by atoms with Crippen LogP contribution in [0.15, 0.2) is 83.9 Å². The molecule has 334 valence electrons. The van der Waals surface area contributed by atoms with Crippen LogP contribution in [-0.4, -0.2) is 93.0 Å². The van der Waals surface area contributed by atoms with Crippen LogP contribution in [-0.2, 0) is 29.2 Å². The van der Waals surface area contributed by atoms with Crippen molar-refractivity contribution in [3.05, 3.63) is 118 Å². The molecule has 6 rings (SSSR count). The molecular weight excluding hydrogens is 816 g/mol. The summed E-state index contributed by atoms with van der Waals surface area (Å²) in [6, 6.07) is 18.2. The number of rotatable bonds is 18. The zero-order chi connectivity index (χ0) is 45.0. The second-order valence-corrected chi connectivity index (χ2v) is 15.5. The first-order chi connectivity index (χ1) is 30.3. The molecule has 2 atom stereocenters. The Balaban J connectivity index is 1.01. The molecule has 0 spiro atoms. The van der Waals surface area contributed by atoms with Gasteiger partial charge in [-0.3, -0.25) is 4.79 Å². The SMILES string of the molecule is CCn1cc(C(=O)O)c(=O)c2cc(F)c(N3CCN(C(=O)OCc4ccc(NC[C@H](CCCNC(N)=O)n5cc([C@@H](NC(=O)OCc6ccccc6)C(C)C)nn5)cc4)CC3)cc21. The van der Waals surface area contributed by atoms with Crippen LogP contribution < -0.4 is 32.0 Å². The minimum absolute atomic E-state index is 0.00788. The molecule has 3 aromatic carbocycles. The summed E-state index contributed by atoms with van der Waals surface area (Å²) in [5.41, 5.74) is 7.81. The summed E-state index contributed by atoms with van der Waals surface area (Å²) in [7, 11) is 0. The molecule has 0 bridgehead atoms. The third-order valence-corrected chi connectivity index (χ3v) is 10.8. The molecule has 2 aromatic heterocycles. The fraction of sp³-hybridized carbons (Fsp3) is 0.386. The number of urea groups is 1. The standard InChI is InChI=1S/C44H53FN10O8/c1-4-52-24-34(41(57)58)40(56)33-21-35(45)38(22-37(33)52)53-17-19-54(20-18-53)44(61)63-27-30-12-14-31(15-13-30)48-23-32(11-8-16-47-42(46)59)55-25-36(50-51-55)39(28(2)3)49-43(60)62-26-29-9-6-5-7-10-29/h5-7,9-10,12-15,21-22,24-25,28,32,39,48H,4,8,11,16-20,23,26-27H2,1-3H3,(H,49,60)(H,57,58)(H3,46,47,59)/t32-,39-/m0/s1. The Hall–Kier alpha value is -7.18. The number of benzene rings is 3. The highest BCUT2D eigenvalue weighted by Gasteiger charge is 2.27. The van der Waals surface area contributed by atoms with Crippen molar-refractivity contribution in [1.82, 2.24) is 35.1 Å². The average Bonchev–Trinajstić information content (AvgIpc) is 3.77. The van der Waals surface area contributed by atoms with Crippen LogP contribution in [0, 0.1) is 11.7 Å². The molecule has 19 heteroatoms. The van der Waals surface area contributed by atoms with Crippen LogP contribution in [0.2, 0.25) is 0 Å².